The second kappa shape index (κ2) is 8.79. The van der Waals surface area contributed by atoms with Gasteiger partial charge in [-0.15, -0.1) is 0 Å². The summed E-state index contributed by atoms with van der Waals surface area (Å²) < 4.78 is 17.8. The molecule has 0 bridgehead atoms. The highest BCUT2D eigenvalue weighted by Gasteiger charge is 2.26. The van der Waals surface area contributed by atoms with Crippen LogP contribution in [0, 0.1) is 0 Å². The van der Waals surface area contributed by atoms with Gasteiger partial charge in [0.1, 0.15) is 23.8 Å². The Hall–Kier alpha value is -4.00. The van der Waals surface area contributed by atoms with Crippen LogP contribution in [0.2, 0.25) is 0 Å². The predicted molar refractivity (Wildman–Crippen MR) is 118 cm³/mol. The molecule has 1 N–H and O–H groups in total. The molecule has 7 nitrogen and oxygen atoms in total. The molecule has 0 saturated carbocycles. The second-order valence-electron chi connectivity index (χ2n) is 7.06. The SMILES string of the molecule is COc1cc(NC(C(=O)c2cocc2-c2cnn(C)c2)c2ccccc2)cc(OC)c1. The lowest BCUT2D eigenvalue weighted by molar-refractivity contribution is 0.0969. The number of furan rings is 1. The van der Waals surface area contributed by atoms with Gasteiger partial charge in [-0.3, -0.25) is 9.48 Å². The number of hydrogen-bond donors (Lipinski definition) is 1. The highest BCUT2D eigenvalue weighted by atomic mass is 16.5. The molecule has 0 fully saturated rings. The van der Waals surface area contributed by atoms with E-state index in [-0.39, 0.29) is 5.78 Å². The molecule has 0 aliphatic rings. The van der Waals surface area contributed by atoms with E-state index in [0.717, 1.165) is 11.1 Å². The lowest BCUT2D eigenvalue weighted by Gasteiger charge is -2.20. The van der Waals surface area contributed by atoms with Crippen molar-refractivity contribution < 1.29 is 18.7 Å². The summed E-state index contributed by atoms with van der Waals surface area (Å²) in [6.07, 6.45) is 6.61. The third-order valence-electron chi connectivity index (χ3n) is 5.00. The molecule has 0 saturated heterocycles. The molecule has 7 heteroatoms. The van der Waals surface area contributed by atoms with Gasteiger partial charge in [0.25, 0.3) is 0 Å². The van der Waals surface area contributed by atoms with E-state index in [1.807, 2.05) is 55.7 Å². The molecule has 4 aromatic rings. The summed E-state index contributed by atoms with van der Waals surface area (Å²) in [6, 6.07) is 14.3. The lowest BCUT2D eigenvalue weighted by atomic mass is 9.95. The largest absolute Gasteiger partial charge is 0.497 e. The Bertz CT molecular complexity index is 1160. The fraction of sp³-hybridized carbons (Fsp3) is 0.167. The summed E-state index contributed by atoms with van der Waals surface area (Å²) in [5, 5.41) is 7.55. The first-order chi connectivity index (χ1) is 15.1. The van der Waals surface area contributed by atoms with Gasteiger partial charge in [-0.05, 0) is 5.56 Å². The first-order valence-corrected chi connectivity index (χ1v) is 9.73. The number of hydrogen-bond acceptors (Lipinski definition) is 6. The van der Waals surface area contributed by atoms with Gasteiger partial charge in [0.2, 0.25) is 0 Å². The predicted octanol–water partition coefficient (Wildman–Crippen LogP) is 4.73. The Balaban J connectivity index is 1.74. The van der Waals surface area contributed by atoms with E-state index in [1.54, 1.807) is 37.4 Å². The van der Waals surface area contributed by atoms with E-state index in [0.29, 0.717) is 28.3 Å². The van der Waals surface area contributed by atoms with Gasteiger partial charge in [-0.25, -0.2) is 0 Å². The number of aromatic nitrogens is 2. The molecule has 2 aromatic heterocycles. The summed E-state index contributed by atoms with van der Waals surface area (Å²) in [6.45, 7) is 0. The third-order valence-corrected chi connectivity index (χ3v) is 5.00. The van der Waals surface area contributed by atoms with E-state index >= 15 is 0 Å². The maximum absolute atomic E-state index is 13.7. The van der Waals surface area contributed by atoms with Gasteiger partial charge in [0.15, 0.2) is 5.78 Å². The highest BCUT2D eigenvalue weighted by molar-refractivity contribution is 6.06. The second-order valence-corrected chi connectivity index (χ2v) is 7.06. The summed E-state index contributed by atoms with van der Waals surface area (Å²) in [7, 11) is 5.00. The summed E-state index contributed by atoms with van der Waals surface area (Å²) >= 11 is 0. The van der Waals surface area contributed by atoms with Crippen molar-refractivity contribution in [2.75, 3.05) is 19.5 Å². The van der Waals surface area contributed by atoms with Gasteiger partial charge in [-0.2, -0.15) is 5.10 Å². The average Bonchev–Trinajstić information content (AvgIpc) is 3.46. The van der Waals surface area contributed by atoms with Crippen molar-refractivity contribution in [2.45, 2.75) is 6.04 Å². The molecule has 0 aliphatic heterocycles. The number of anilines is 1. The van der Waals surface area contributed by atoms with Crippen LogP contribution in [0.3, 0.4) is 0 Å². The van der Waals surface area contributed by atoms with Crippen LogP contribution in [-0.4, -0.2) is 29.8 Å². The molecule has 1 unspecified atom stereocenters. The molecule has 0 aliphatic carbocycles. The van der Waals surface area contributed by atoms with Crippen molar-refractivity contribution in [3.8, 4) is 22.6 Å². The standard InChI is InChI=1S/C24H23N3O4/c1-27-13-17(12-25-27)21-14-31-15-22(21)24(28)23(16-7-5-4-6-8-16)26-18-9-19(29-2)11-20(10-18)30-3/h4-15,23,26H,1-3H3. The van der Waals surface area contributed by atoms with Crippen LogP contribution < -0.4 is 14.8 Å². The Kier molecular flexibility index (Phi) is 5.75. The van der Waals surface area contributed by atoms with E-state index in [2.05, 4.69) is 10.4 Å². The van der Waals surface area contributed by atoms with Crippen LogP contribution in [0.15, 0.2) is 77.9 Å². The Labute approximate surface area is 180 Å². The molecule has 1 atom stereocenters. The molecule has 158 valence electrons. The zero-order valence-corrected chi connectivity index (χ0v) is 17.5. The topological polar surface area (TPSA) is 78.5 Å². The number of nitrogens with zero attached hydrogens (tertiary/aromatic N) is 2. The number of nitrogens with one attached hydrogen (secondary N) is 1. The van der Waals surface area contributed by atoms with Crippen LogP contribution in [-0.2, 0) is 7.05 Å². The van der Waals surface area contributed by atoms with Gasteiger partial charge in [0.05, 0.1) is 32.2 Å². The molecule has 0 radical (unpaired) electrons. The van der Waals surface area contributed by atoms with E-state index in [4.69, 9.17) is 13.9 Å². The molecular formula is C24H23N3O4. The highest BCUT2D eigenvalue weighted by Crippen LogP contribution is 2.33. The van der Waals surface area contributed by atoms with Gasteiger partial charge >= 0.3 is 0 Å². The number of aryl methyl sites for hydroxylation is 1. The number of carbonyl (C=O) groups excluding carboxylic acids is 1. The maximum atomic E-state index is 13.7. The maximum Gasteiger partial charge on any atom is 0.193 e. The Morgan fingerprint density at radius 1 is 1.06 bits per heavy atom. The molecule has 4 rings (SSSR count). The number of rotatable bonds is 8. The molecular weight excluding hydrogens is 394 g/mol. The lowest BCUT2D eigenvalue weighted by Crippen LogP contribution is -2.21. The smallest absolute Gasteiger partial charge is 0.193 e. The number of Topliss-reactive ketones (excluding diaryl/α,β-unsaturated/α-hetero) is 1. The van der Waals surface area contributed by atoms with Gasteiger partial charge in [-0.1, -0.05) is 30.3 Å². The van der Waals surface area contributed by atoms with Crippen molar-refractivity contribution in [1.29, 1.82) is 0 Å². The third kappa shape index (κ3) is 4.30. The first-order valence-electron chi connectivity index (χ1n) is 9.73. The normalized spacial score (nSPS) is 11.7. The van der Waals surface area contributed by atoms with Crippen molar-refractivity contribution in [1.82, 2.24) is 9.78 Å². The van der Waals surface area contributed by atoms with Crippen LogP contribution in [0.25, 0.3) is 11.1 Å². The summed E-state index contributed by atoms with van der Waals surface area (Å²) in [5.41, 5.74) is 3.51. The van der Waals surface area contributed by atoms with Crippen LogP contribution in [0.4, 0.5) is 5.69 Å². The minimum absolute atomic E-state index is 0.124. The number of methoxy groups -OCH3 is 2. The molecule has 0 spiro atoms. The Morgan fingerprint density at radius 3 is 2.39 bits per heavy atom. The number of ketones is 1. The summed E-state index contributed by atoms with van der Waals surface area (Å²) in [4.78, 5) is 13.7. The fourth-order valence-electron chi connectivity index (χ4n) is 3.43. The van der Waals surface area contributed by atoms with Crippen molar-refractivity contribution in [3.63, 3.8) is 0 Å². The average molecular weight is 417 g/mol. The van der Waals surface area contributed by atoms with E-state index in [1.165, 1.54) is 6.26 Å². The molecule has 31 heavy (non-hydrogen) atoms. The van der Waals surface area contributed by atoms with Crippen molar-refractivity contribution in [3.05, 3.63) is 84.6 Å². The zero-order chi connectivity index (χ0) is 21.8. The van der Waals surface area contributed by atoms with E-state index in [9.17, 15) is 4.79 Å². The zero-order valence-electron chi connectivity index (χ0n) is 17.5. The number of benzene rings is 2. The fourth-order valence-corrected chi connectivity index (χ4v) is 3.43. The number of carbonyl (C=O) groups is 1. The Morgan fingerprint density at radius 2 is 1.77 bits per heavy atom. The number of ether oxygens (including phenoxy) is 2. The molecule has 2 aromatic carbocycles. The van der Waals surface area contributed by atoms with Gasteiger partial charge < -0.3 is 19.2 Å². The quantitative estimate of drug-likeness (QED) is 0.418. The monoisotopic (exact) mass is 417 g/mol. The van der Waals surface area contributed by atoms with Crippen LogP contribution in [0.1, 0.15) is 22.0 Å². The van der Waals surface area contributed by atoms with Crippen molar-refractivity contribution >= 4 is 11.5 Å². The minimum atomic E-state index is -0.647. The van der Waals surface area contributed by atoms with Crippen LogP contribution >= 0.6 is 0 Å². The molecule has 2 heterocycles. The molecule has 0 amide bonds. The minimum Gasteiger partial charge on any atom is -0.497 e. The van der Waals surface area contributed by atoms with Crippen LogP contribution in [0.5, 0.6) is 11.5 Å². The van der Waals surface area contributed by atoms with Crippen molar-refractivity contribution in [2.24, 2.45) is 7.05 Å². The first kappa shape index (κ1) is 20.3. The van der Waals surface area contributed by atoms with E-state index < -0.39 is 6.04 Å². The van der Waals surface area contributed by atoms with Gasteiger partial charge in [0, 0.05) is 48.3 Å². The summed E-state index contributed by atoms with van der Waals surface area (Å²) in [5.74, 6) is 1.13.